The molecule has 0 bridgehead atoms. The molecule has 0 aromatic heterocycles. The average Bonchev–Trinajstić information content (AvgIpc) is 2.89. The number of ether oxygens (including phenoxy) is 2. The van der Waals surface area contributed by atoms with E-state index in [4.69, 9.17) is 9.47 Å². The minimum atomic E-state index is -0.00250. The Hall–Kier alpha value is -0.650. The summed E-state index contributed by atoms with van der Waals surface area (Å²) in [6, 6.07) is -0.00250. The summed E-state index contributed by atoms with van der Waals surface area (Å²) in [6.07, 6.45) is 2.63. The minimum absolute atomic E-state index is 0.00250. The fraction of sp³-hybridized carbons (Fsp3) is 0.917. The van der Waals surface area contributed by atoms with Crippen molar-refractivity contribution >= 4 is 5.91 Å². The molecule has 0 saturated carbocycles. The highest BCUT2D eigenvalue weighted by atomic mass is 16.5. The fourth-order valence-corrected chi connectivity index (χ4v) is 2.36. The molecular formula is C12H23N2O3+. The van der Waals surface area contributed by atoms with E-state index in [0.717, 1.165) is 39.1 Å². The Labute approximate surface area is 102 Å². The van der Waals surface area contributed by atoms with Gasteiger partial charge in [-0.2, -0.15) is 0 Å². The number of rotatable bonds is 4. The molecule has 2 aliphatic rings. The Morgan fingerprint density at radius 1 is 1.41 bits per heavy atom. The number of hydrogen-bond acceptors (Lipinski definition) is 3. The molecule has 2 saturated heterocycles. The lowest BCUT2D eigenvalue weighted by Crippen LogP contribution is -2.93. The number of quaternary nitrogens is 1. The molecule has 1 amide bonds. The first kappa shape index (κ1) is 12.8. The molecule has 2 heterocycles. The van der Waals surface area contributed by atoms with Crippen molar-refractivity contribution in [1.29, 1.82) is 0 Å². The van der Waals surface area contributed by atoms with E-state index in [2.05, 4.69) is 5.32 Å². The molecule has 0 aromatic carbocycles. The molecule has 0 aromatic rings. The molecule has 2 fully saturated rings. The van der Waals surface area contributed by atoms with Gasteiger partial charge in [-0.3, -0.25) is 4.79 Å². The molecule has 0 spiro atoms. The highest BCUT2D eigenvalue weighted by Gasteiger charge is 2.26. The molecule has 5 nitrogen and oxygen atoms in total. The first-order chi connectivity index (χ1) is 8.27. The molecule has 0 aliphatic carbocycles. The molecule has 0 unspecified atom stereocenters. The molecule has 2 aliphatic heterocycles. The van der Waals surface area contributed by atoms with Crippen LogP contribution in [0.5, 0.6) is 0 Å². The van der Waals surface area contributed by atoms with Gasteiger partial charge in [-0.25, -0.2) is 0 Å². The summed E-state index contributed by atoms with van der Waals surface area (Å²) in [5.41, 5.74) is 0. The topological polar surface area (TPSA) is 55.4 Å². The van der Waals surface area contributed by atoms with E-state index in [1.54, 1.807) is 0 Å². The summed E-state index contributed by atoms with van der Waals surface area (Å²) in [7, 11) is 0. The van der Waals surface area contributed by atoms with Gasteiger partial charge in [0, 0.05) is 19.7 Å². The predicted molar refractivity (Wildman–Crippen MR) is 62.6 cm³/mol. The van der Waals surface area contributed by atoms with E-state index < -0.39 is 0 Å². The Morgan fingerprint density at radius 2 is 2.18 bits per heavy atom. The van der Waals surface area contributed by atoms with Gasteiger partial charge in [0.15, 0.2) is 6.04 Å². The number of nitrogens with two attached hydrogens (primary N) is 1. The highest BCUT2D eigenvalue weighted by molar-refractivity contribution is 5.80. The standard InChI is InChI=1S/C12H22N2O3/c1-10(13-9-11-3-2-6-17-11)12(15)14-4-7-16-8-5-14/h10-11,13H,2-9H2,1H3/p+1/t10-,11-/m0/s1. The van der Waals surface area contributed by atoms with Crippen LogP contribution in [0.4, 0.5) is 0 Å². The van der Waals surface area contributed by atoms with Crippen molar-refractivity contribution in [2.24, 2.45) is 0 Å². The normalized spacial score (nSPS) is 27.1. The third kappa shape index (κ3) is 3.66. The second-order valence-corrected chi connectivity index (χ2v) is 4.83. The van der Waals surface area contributed by atoms with Crippen LogP contribution in [0.15, 0.2) is 0 Å². The molecule has 98 valence electrons. The number of morpholine rings is 1. The van der Waals surface area contributed by atoms with Crippen molar-refractivity contribution in [3.63, 3.8) is 0 Å². The van der Waals surface area contributed by atoms with Crippen molar-refractivity contribution in [3.8, 4) is 0 Å². The lowest BCUT2D eigenvalue weighted by Gasteiger charge is -2.28. The Morgan fingerprint density at radius 3 is 2.82 bits per heavy atom. The third-order valence-electron chi connectivity index (χ3n) is 3.49. The first-order valence-electron chi connectivity index (χ1n) is 6.59. The lowest BCUT2D eigenvalue weighted by molar-refractivity contribution is -0.679. The third-order valence-corrected chi connectivity index (χ3v) is 3.49. The number of carbonyl (C=O) groups excluding carboxylic acids is 1. The van der Waals surface area contributed by atoms with Gasteiger partial charge in [0.1, 0.15) is 12.6 Å². The number of amides is 1. The van der Waals surface area contributed by atoms with Gasteiger partial charge in [-0.05, 0) is 19.8 Å². The minimum Gasteiger partial charge on any atom is -0.378 e. The van der Waals surface area contributed by atoms with Gasteiger partial charge in [0.05, 0.1) is 13.2 Å². The zero-order chi connectivity index (χ0) is 12.1. The maximum atomic E-state index is 12.1. The quantitative estimate of drug-likeness (QED) is 0.687. The number of carbonyl (C=O) groups is 1. The van der Waals surface area contributed by atoms with Crippen molar-refractivity contribution in [1.82, 2.24) is 4.90 Å². The maximum Gasteiger partial charge on any atom is 0.280 e. The fourth-order valence-electron chi connectivity index (χ4n) is 2.36. The Bertz CT molecular complexity index is 248. The van der Waals surface area contributed by atoms with Crippen LogP contribution in [0.25, 0.3) is 0 Å². The molecular weight excluding hydrogens is 220 g/mol. The Kier molecular flexibility index (Phi) is 4.76. The summed E-state index contributed by atoms with van der Waals surface area (Å²) in [5, 5.41) is 2.10. The summed E-state index contributed by atoms with van der Waals surface area (Å²) in [6.45, 7) is 6.57. The average molecular weight is 243 g/mol. The van der Waals surface area contributed by atoms with Crippen LogP contribution in [0, 0.1) is 0 Å². The van der Waals surface area contributed by atoms with Gasteiger partial charge in [0.25, 0.3) is 5.91 Å². The van der Waals surface area contributed by atoms with E-state index in [-0.39, 0.29) is 11.9 Å². The van der Waals surface area contributed by atoms with Crippen molar-refractivity contribution in [2.45, 2.75) is 31.9 Å². The van der Waals surface area contributed by atoms with E-state index in [9.17, 15) is 4.79 Å². The van der Waals surface area contributed by atoms with Gasteiger partial charge in [0.2, 0.25) is 0 Å². The number of nitrogens with zero attached hydrogens (tertiary/aromatic N) is 1. The summed E-state index contributed by atoms with van der Waals surface area (Å²) >= 11 is 0. The van der Waals surface area contributed by atoms with Gasteiger partial charge in [-0.1, -0.05) is 0 Å². The van der Waals surface area contributed by atoms with E-state index in [0.29, 0.717) is 19.3 Å². The van der Waals surface area contributed by atoms with Crippen LogP contribution in [0.3, 0.4) is 0 Å². The van der Waals surface area contributed by atoms with Crippen molar-refractivity contribution in [3.05, 3.63) is 0 Å². The van der Waals surface area contributed by atoms with Crippen molar-refractivity contribution < 1.29 is 19.6 Å². The zero-order valence-corrected chi connectivity index (χ0v) is 10.6. The monoisotopic (exact) mass is 243 g/mol. The summed E-state index contributed by atoms with van der Waals surface area (Å²) in [4.78, 5) is 14.0. The van der Waals surface area contributed by atoms with Crippen molar-refractivity contribution in [2.75, 3.05) is 39.5 Å². The largest absolute Gasteiger partial charge is 0.378 e. The predicted octanol–water partition coefficient (Wildman–Crippen LogP) is -1.02. The van der Waals surface area contributed by atoms with Gasteiger partial charge in [-0.15, -0.1) is 0 Å². The molecule has 17 heavy (non-hydrogen) atoms. The molecule has 2 rings (SSSR count). The molecule has 2 atom stereocenters. The van der Waals surface area contributed by atoms with Crippen LogP contribution in [0.2, 0.25) is 0 Å². The lowest BCUT2D eigenvalue weighted by atomic mass is 10.2. The van der Waals surface area contributed by atoms with E-state index in [1.807, 2.05) is 11.8 Å². The van der Waals surface area contributed by atoms with Crippen LogP contribution in [0.1, 0.15) is 19.8 Å². The molecule has 2 N–H and O–H groups in total. The second kappa shape index (κ2) is 6.33. The highest BCUT2D eigenvalue weighted by Crippen LogP contribution is 2.09. The smallest absolute Gasteiger partial charge is 0.280 e. The molecule has 0 radical (unpaired) electrons. The SMILES string of the molecule is C[C@H]([NH2+]C[C@@H]1CCCO1)C(=O)N1CCOCC1. The number of hydrogen-bond donors (Lipinski definition) is 1. The van der Waals surface area contributed by atoms with Crippen LogP contribution in [-0.4, -0.2) is 62.4 Å². The van der Waals surface area contributed by atoms with Gasteiger partial charge < -0.3 is 19.7 Å². The Balaban J connectivity index is 1.70. The van der Waals surface area contributed by atoms with E-state index in [1.165, 1.54) is 0 Å². The second-order valence-electron chi connectivity index (χ2n) is 4.83. The van der Waals surface area contributed by atoms with Crippen LogP contribution in [-0.2, 0) is 14.3 Å². The maximum absolute atomic E-state index is 12.1. The summed E-state index contributed by atoms with van der Waals surface area (Å²) < 4.78 is 10.8. The molecule has 5 heteroatoms. The van der Waals surface area contributed by atoms with Crippen LogP contribution >= 0.6 is 0 Å². The van der Waals surface area contributed by atoms with E-state index >= 15 is 0 Å². The zero-order valence-electron chi connectivity index (χ0n) is 10.6. The van der Waals surface area contributed by atoms with Crippen LogP contribution < -0.4 is 5.32 Å². The first-order valence-corrected chi connectivity index (χ1v) is 6.59. The summed E-state index contributed by atoms with van der Waals surface area (Å²) in [5.74, 6) is 0.228. The van der Waals surface area contributed by atoms with Gasteiger partial charge >= 0.3 is 0 Å².